The highest BCUT2D eigenvalue weighted by molar-refractivity contribution is 5.78. The predicted octanol–water partition coefficient (Wildman–Crippen LogP) is 2.58. The highest BCUT2D eigenvalue weighted by atomic mass is 16.4. The van der Waals surface area contributed by atoms with Gasteiger partial charge in [0.2, 0.25) is 0 Å². The van der Waals surface area contributed by atoms with Crippen LogP contribution in [0.3, 0.4) is 0 Å². The van der Waals surface area contributed by atoms with Crippen LogP contribution in [-0.4, -0.2) is 22.2 Å². The van der Waals surface area contributed by atoms with Crippen LogP contribution in [0, 0.1) is 19.8 Å². The average Bonchev–Trinajstić information content (AvgIpc) is 2.23. The van der Waals surface area contributed by atoms with E-state index in [9.17, 15) is 9.59 Å². The normalized spacial score (nSPS) is 13.9. The number of carboxylic acid groups (broad SMARTS) is 2. The highest BCUT2D eigenvalue weighted by Gasteiger charge is 2.28. The highest BCUT2D eigenvalue weighted by Crippen LogP contribution is 2.28. The van der Waals surface area contributed by atoms with Gasteiger partial charge in [-0.1, -0.05) is 36.2 Å². The molecule has 2 atom stereocenters. The first kappa shape index (κ1) is 14.2. The molecule has 0 saturated carbocycles. The number of carbonyl (C=O) groups is 2. The second-order valence-electron chi connectivity index (χ2n) is 4.75. The molecule has 1 aromatic rings. The minimum Gasteiger partial charge on any atom is -0.481 e. The van der Waals surface area contributed by atoms with Crippen molar-refractivity contribution in [2.45, 2.75) is 33.1 Å². The van der Waals surface area contributed by atoms with Crippen molar-refractivity contribution in [2.75, 3.05) is 0 Å². The summed E-state index contributed by atoms with van der Waals surface area (Å²) in [6.45, 7) is 5.64. The Morgan fingerprint density at radius 3 is 2.00 bits per heavy atom. The fourth-order valence-corrected chi connectivity index (χ4v) is 2.17. The minimum atomic E-state index is -1.08. The number of rotatable bonds is 5. The van der Waals surface area contributed by atoms with Crippen molar-refractivity contribution >= 4 is 11.9 Å². The van der Waals surface area contributed by atoms with Crippen LogP contribution in [0.4, 0.5) is 0 Å². The number of hydrogen-bond donors (Lipinski definition) is 2. The van der Waals surface area contributed by atoms with Crippen LogP contribution < -0.4 is 0 Å². The van der Waals surface area contributed by atoms with Gasteiger partial charge in [-0.25, -0.2) is 0 Å². The molecule has 4 heteroatoms. The van der Waals surface area contributed by atoms with E-state index in [-0.39, 0.29) is 12.3 Å². The monoisotopic (exact) mass is 250 g/mol. The predicted molar refractivity (Wildman–Crippen MR) is 67.7 cm³/mol. The van der Waals surface area contributed by atoms with Gasteiger partial charge in [-0.3, -0.25) is 9.59 Å². The minimum absolute atomic E-state index is 0.322. The Morgan fingerprint density at radius 1 is 1.11 bits per heavy atom. The van der Waals surface area contributed by atoms with E-state index in [1.165, 1.54) is 0 Å². The van der Waals surface area contributed by atoms with E-state index in [4.69, 9.17) is 10.2 Å². The average molecular weight is 250 g/mol. The molecule has 0 fully saturated rings. The maximum Gasteiger partial charge on any atom is 0.307 e. The molecule has 4 nitrogen and oxygen atoms in total. The second-order valence-corrected chi connectivity index (χ2v) is 4.75. The first-order valence-electron chi connectivity index (χ1n) is 5.84. The molecule has 0 aliphatic carbocycles. The molecule has 0 aliphatic rings. The molecular formula is C14H18O4. The Morgan fingerprint density at radius 2 is 1.61 bits per heavy atom. The maximum absolute atomic E-state index is 11.2. The third-order valence-corrected chi connectivity index (χ3v) is 3.09. The summed E-state index contributed by atoms with van der Waals surface area (Å²) in [6.07, 6.45) is -0.358. The van der Waals surface area contributed by atoms with Crippen LogP contribution in [0.15, 0.2) is 18.2 Å². The summed E-state index contributed by atoms with van der Waals surface area (Å²) >= 11 is 0. The Balaban J connectivity index is 3.04. The molecule has 0 aliphatic heterocycles. The van der Waals surface area contributed by atoms with E-state index in [0.717, 1.165) is 16.7 Å². The van der Waals surface area contributed by atoms with Crippen molar-refractivity contribution in [3.05, 3.63) is 34.9 Å². The van der Waals surface area contributed by atoms with Crippen LogP contribution in [0.2, 0.25) is 0 Å². The van der Waals surface area contributed by atoms with Gasteiger partial charge in [-0.2, -0.15) is 0 Å². The molecule has 2 N–H and O–H groups in total. The van der Waals surface area contributed by atoms with Gasteiger partial charge in [0.05, 0.1) is 12.3 Å². The van der Waals surface area contributed by atoms with Gasteiger partial charge in [-0.05, 0) is 25.3 Å². The molecular weight excluding hydrogens is 232 g/mol. The zero-order valence-electron chi connectivity index (χ0n) is 10.8. The SMILES string of the molecule is Cc1cc(C)cc(C(C)C(CC(=O)O)C(=O)O)c1. The first-order chi connectivity index (χ1) is 8.31. The number of aryl methyl sites for hydroxylation is 2. The van der Waals surface area contributed by atoms with Crippen LogP contribution in [0.1, 0.15) is 36.0 Å². The van der Waals surface area contributed by atoms with E-state index in [1.807, 2.05) is 32.0 Å². The molecule has 2 unspecified atom stereocenters. The Labute approximate surface area is 106 Å². The van der Waals surface area contributed by atoms with Crippen LogP contribution in [0.25, 0.3) is 0 Å². The molecule has 0 heterocycles. The summed E-state index contributed by atoms with van der Waals surface area (Å²) in [5.74, 6) is -3.37. The van der Waals surface area contributed by atoms with Gasteiger partial charge in [0, 0.05) is 0 Å². The summed E-state index contributed by atoms with van der Waals surface area (Å²) in [7, 11) is 0. The molecule has 98 valence electrons. The van der Waals surface area contributed by atoms with Crippen molar-refractivity contribution in [2.24, 2.45) is 5.92 Å². The molecule has 18 heavy (non-hydrogen) atoms. The number of hydrogen-bond acceptors (Lipinski definition) is 2. The van der Waals surface area contributed by atoms with E-state index in [0.29, 0.717) is 0 Å². The third kappa shape index (κ3) is 3.58. The van der Waals surface area contributed by atoms with Crippen molar-refractivity contribution in [3.8, 4) is 0 Å². The van der Waals surface area contributed by atoms with Gasteiger partial charge < -0.3 is 10.2 Å². The van der Waals surface area contributed by atoms with E-state index >= 15 is 0 Å². The van der Waals surface area contributed by atoms with Gasteiger partial charge in [0.25, 0.3) is 0 Å². The van der Waals surface area contributed by atoms with Crippen LogP contribution in [0.5, 0.6) is 0 Å². The topological polar surface area (TPSA) is 74.6 Å². The van der Waals surface area contributed by atoms with Crippen LogP contribution >= 0.6 is 0 Å². The largest absolute Gasteiger partial charge is 0.481 e. The molecule has 0 saturated heterocycles. The lowest BCUT2D eigenvalue weighted by molar-refractivity contribution is -0.149. The number of benzene rings is 1. The number of aliphatic carboxylic acids is 2. The third-order valence-electron chi connectivity index (χ3n) is 3.09. The maximum atomic E-state index is 11.2. The lowest BCUT2D eigenvalue weighted by Crippen LogP contribution is -2.23. The van der Waals surface area contributed by atoms with E-state index in [1.54, 1.807) is 6.92 Å². The number of carboxylic acids is 2. The lowest BCUT2D eigenvalue weighted by Gasteiger charge is -2.20. The van der Waals surface area contributed by atoms with Gasteiger partial charge in [0.15, 0.2) is 0 Å². The molecule has 0 spiro atoms. The quantitative estimate of drug-likeness (QED) is 0.842. The van der Waals surface area contributed by atoms with E-state index < -0.39 is 17.9 Å². The summed E-state index contributed by atoms with van der Waals surface area (Å²) in [5, 5.41) is 17.9. The van der Waals surface area contributed by atoms with Crippen molar-refractivity contribution in [1.82, 2.24) is 0 Å². The molecule has 0 aromatic heterocycles. The summed E-state index contributed by atoms with van der Waals surface area (Å²) in [4.78, 5) is 21.9. The van der Waals surface area contributed by atoms with E-state index in [2.05, 4.69) is 0 Å². The smallest absolute Gasteiger partial charge is 0.307 e. The second kappa shape index (κ2) is 5.67. The molecule has 0 radical (unpaired) electrons. The Bertz CT molecular complexity index is 445. The van der Waals surface area contributed by atoms with Crippen molar-refractivity contribution in [1.29, 1.82) is 0 Å². The fourth-order valence-electron chi connectivity index (χ4n) is 2.17. The summed E-state index contributed by atoms with van der Waals surface area (Å²) in [6, 6.07) is 5.83. The van der Waals surface area contributed by atoms with Gasteiger partial charge >= 0.3 is 11.9 Å². The van der Waals surface area contributed by atoms with Gasteiger partial charge in [0.1, 0.15) is 0 Å². The zero-order valence-corrected chi connectivity index (χ0v) is 10.8. The van der Waals surface area contributed by atoms with Crippen molar-refractivity contribution < 1.29 is 19.8 Å². The zero-order chi connectivity index (χ0) is 13.9. The summed E-state index contributed by atoms with van der Waals surface area (Å²) < 4.78 is 0. The lowest BCUT2D eigenvalue weighted by atomic mass is 9.84. The molecule has 1 aromatic carbocycles. The first-order valence-corrected chi connectivity index (χ1v) is 5.84. The fraction of sp³-hybridized carbons (Fsp3) is 0.429. The van der Waals surface area contributed by atoms with Crippen LogP contribution in [-0.2, 0) is 9.59 Å². The van der Waals surface area contributed by atoms with Crippen molar-refractivity contribution in [3.63, 3.8) is 0 Å². The molecule has 1 rings (SSSR count). The molecule has 0 bridgehead atoms. The standard InChI is InChI=1S/C14H18O4/c1-8-4-9(2)6-11(5-8)10(3)12(14(17)18)7-13(15)16/h4-6,10,12H,7H2,1-3H3,(H,15,16)(H,17,18). The molecule has 0 amide bonds. The van der Waals surface area contributed by atoms with Gasteiger partial charge in [-0.15, -0.1) is 0 Å². The Kier molecular flexibility index (Phi) is 4.48. The summed E-state index contributed by atoms with van der Waals surface area (Å²) in [5.41, 5.74) is 2.98. The Hall–Kier alpha value is -1.84.